The summed E-state index contributed by atoms with van der Waals surface area (Å²) in [6.07, 6.45) is 1.63. The SMILES string of the molecule is CNC(=O)C(C)N(Cc1cccc(C)c1)C(=O)CCCN(c1ccc(C)c(C)c1)S(C)(=O)=O. The topological polar surface area (TPSA) is 86.8 Å². The highest BCUT2D eigenvalue weighted by Gasteiger charge is 2.26. The van der Waals surface area contributed by atoms with Gasteiger partial charge < -0.3 is 10.2 Å². The maximum atomic E-state index is 13.1. The fourth-order valence-electron chi connectivity index (χ4n) is 3.68. The Balaban J connectivity index is 2.16. The lowest BCUT2D eigenvalue weighted by Crippen LogP contribution is -2.46. The van der Waals surface area contributed by atoms with Gasteiger partial charge in [0, 0.05) is 26.6 Å². The van der Waals surface area contributed by atoms with Gasteiger partial charge in [-0.2, -0.15) is 0 Å². The van der Waals surface area contributed by atoms with Crippen molar-refractivity contribution in [3.63, 3.8) is 0 Å². The number of nitrogens with zero attached hydrogens (tertiary/aromatic N) is 2. The molecule has 0 aliphatic rings. The van der Waals surface area contributed by atoms with Crippen LogP contribution in [0.4, 0.5) is 5.69 Å². The summed E-state index contributed by atoms with van der Waals surface area (Å²) in [7, 11) is -1.97. The van der Waals surface area contributed by atoms with E-state index in [4.69, 9.17) is 0 Å². The highest BCUT2D eigenvalue weighted by Crippen LogP contribution is 2.22. The maximum absolute atomic E-state index is 13.1. The van der Waals surface area contributed by atoms with Gasteiger partial charge in [-0.25, -0.2) is 8.42 Å². The summed E-state index contributed by atoms with van der Waals surface area (Å²) in [6, 6.07) is 12.7. The van der Waals surface area contributed by atoms with Crippen LogP contribution < -0.4 is 9.62 Å². The van der Waals surface area contributed by atoms with E-state index in [1.165, 1.54) is 10.6 Å². The number of likely N-dealkylation sites (N-methyl/N-ethyl adjacent to an activating group) is 1. The van der Waals surface area contributed by atoms with Crippen molar-refractivity contribution < 1.29 is 18.0 Å². The molecule has 0 aromatic heterocycles. The molecule has 33 heavy (non-hydrogen) atoms. The zero-order valence-electron chi connectivity index (χ0n) is 20.4. The van der Waals surface area contributed by atoms with Crippen molar-refractivity contribution in [3.05, 3.63) is 64.7 Å². The summed E-state index contributed by atoms with van der Waals surface area (Å²) < 4.78 is 26.2. The quantitative estimate of drug-likeness (QED) is 0.574. The molecule has 1 N–H and O–H groups in total. The van der Waals surface area contributed by atoms with Crippen molar-refractivity contribution in [2.75, 3.05) is 24.2 Å². The zero-order chi connectivity index (χ0) is 24.8. The Bertz CT molecular complexity index is 1100. The third-order valence-electron chi connectivity index (χ3n) is 5.78. The van der Waals surface area contributed by atoms with Gasteiger partial charge in [-0.15, -0.1) is 0 Å². The number of benzene rings is 2. The van der Waals surface area contributed by atoms with Crippen molar-refractivity contribution in [3.8, 4) is 0 Å². The number of hydrogen-bond donors (Lipinski definition) is 1. The smallest absolute Gasteiger partial charge is 0.242 e. The summed E-state index contributed by atoms with van der Waals surface area (Å²) in [4.78, 5) is 27.0. The molecule has 0 bridgehead atoms. The maximum Gasteiger partial charge on any atom is 0.242 e. The molecule has 2 rings (SSSR count). The number of aryl methyl sites for hydroxylation is 3. The number of hydrogen-bond acceptors (Lipinski definition) is 4. The Morgan fingerprint density at radius 3 is 2.30 bits per heavy atom. The summed E-state index contributed by atoms with van der Waals surface area (Å²) in [6.45, 7) is 8.07. The second-order valence-corrected chi connectivity index (χ2v) is 10.4. The van der Waals surface area contributed by atoms with E-state index in [1.54, 1.807) is 24.9 Å². The molecule has 2 aromatic carbocycles. The average Bonchev–Trinajstić information content (AvgIpc) is 2.75. The van der Waals surface area contributed by atoms with Crippen molar-refractivity contribution >= 4 is 27.5 Å². The van der Waals surface area contributed by atoms with Crippen LogP contribution in [0.5, 0.6) is 0 Å². The molecule has 0 spiro atoms. The van der Waals surface area contributed by atoms with Crippen LogP contribution in [0.1, 0.15) is 42.0 Å². The van der Waals surface area contributed by atoms with Crippen LogP contribution in [0, 0.1) is 20.8 Å². The molecule has 0 saturated carbocycles. The first-order chi connectivity index (χ1) is 15.4. The largest absolute Gasteiger partial charge is 0.357 e. The third-order valence-corrected chi connectivity index (χ3v) is 6.97. The van der Waals surface area contributed by atoms with Crippen LogP contribution in [-0.4, -0.2) is 51.0 Å². The van der Waals surface area contributed by atoms with Gasteiger partial charge in [-0.1, -0.05) is 35.9 Å². The van der Waals surface area contributed by atoms with Crippen molar-refractivity contribution in [1.29, 1.82) is 0 Å². The van der Waals surface area contributed by atoms with Crippen molar-refractivity contribution in [1.82, 2.24) is 10.2 Å². The third kappa shape index (κ3) is 7.32. The van der Waals surface area contributed by atoms with E-state index in [9.17, 15) is 18.0 Å². The molecule has 0 fully saturated rings. The van der Waals surface area contributed by atoms with Crippen molar-refractivity contribution in [2.45, 2.75) is 53.1 Å². The number of carbonyl (C=O) groups is 2. The number of rotatable bonds is 10. The lowest BCUT2D eigenvalue weighted by molar-refractivity contribution is -0.140. The van der Waals surface area contributed by atoms with Gasteiger partial charge in [0.25, 0.3) is 0 Å². The number of sulfonamides is 1. The molecular weight excluding hydrogens is 438 g/mol. The van der Waals surface area contributed by atoms with Crippen LogP contribution in [0.25, 0.3) is 0 Å². The number of carbonyl (C=O) groups excluding carboxylic acids is 2. The second kappa shape index (κ2) is 11.3. The van der Waals surface area contributed by atoms with E-state index in [2.05, 4.69) is 5.32 Å². The van der Waals surface area contributed by atoms with Crippen LogP contribution in [0.2, 0.25) is 0 Å². The Labute approximate surface area is 197 Å². The predicted octanol–water partition coefficient (Wildman–Crippen LogP) is 3.32. The van der Waals surface area contributed by atoms with E-state index >= 15 is 0 Å². The van der Waals surface area contributed by atoms with Crippen LogP contribution in [0.3, 0.4) is 0 Å². The Morgan fingerprint density at radius 2 is 1.73 bits per heavy atom. The van der Waals surface area contributed by atoms with Crippen LogP contribution in [-0.2, 0) is 26.2 Å². The standard InChI is InChI=1S/C25H35N3O4S/c1-18-9-7-10-22(15-18)17-27(21(4)25(30)26-5)24(29)11-8-14-28(33(6,31)32)23-13-12-19(2)20(3)16-23/h7,9-10,12-13,15-16,21H,8,11,14,17H2,1-6H3,(H,26,30). The molecule has 0 saturated heterocycles. The van der Waals surface area contributed by atoms with Gasteiger partial charge in [0.2, 0.25) is 21.8 Å². The lowest BCUT2D eigenvalue weighted by Gasteiger charge is -2.29. The fourth-order valence-corrected chi connectivity index (χ4v) is 4.64. The highest BCUT2D eigenvalue weighted by molar-refractivity contribution is 7.92. The first-order valence-electron chi connectivity index (χ1n) is 11.1. The van der Waals surface area contributed by atoms with Gasteiger partial charge in [0.15, 0.2) is 0 Å². The van der Waals surface area contributed by atoms with E-state index in [1.807, 2.05) is 57.2 Å². The van der Waals surface area contributed by atoms with E-state index in [0.29, 0.717) is 18.7 Å². The molecular formula is C25H35N3O4S. The van der Waals surface area contributed by atoms with Crippen LogP contribution in [0.15, 0.2) is 42.5 Å². The molecule has 0 aliphatic carbocycles. The summed E-state index contributed by atoms with van der Waals surface area (Å²) in [5, 5.41) is 2.60. The molecule has 0 heterocycles. The van der Waals surface area contributed by atoms with Crippen LogP contribution >= 0.6 is 0 Å². The van der Waals surface area contributed by atoms with Crippen molar-refractivity contribution in [2.24, 2.45) is 0 Å². The summed E-state index contributed by atoms with van der Waals surface area (Å²) in [5.41, 5.74) is 4.68. The Kier molecular flexibility index (Phi) is 9.05. The van der Waals surface area contributed by atoms with E-state index in [0.717, 1.165) is 22.3 Å². The second-order valence-electron chi connectivity index (χ2n) is 8.51. The molecule has 1 atom stereocenters. The minimum Gasteiger partial charge on any atom is -0.357 e. The van der Waals surface area contributed by atoms with E-state index in [-0.39, 0.29) is 24.8 Å². The molecule has 0 radical (unpaired) electrons. The normalized spacial score (nSPS) is 12.2. The molecule has 180 valence electrons. The minimum atomic E-state index is -3.51. The predicted molar refractivity (Wildman–Crippen MR) is 133 cm³/mol. The van der Waals surface area contributed by atoms with Gasteiger partial charge >= 0.3 is 0 Å². The Hall–Kier alpha value is -2.87. The average molecular weight is 474 g/mol. The summed E-state index contributed by atoms with van der Waals surface area (Å²) >= 11 is 0. The highest BCUT2D eigenvalue weighted by atomic mass is 32.2. The number of nitrogens with one attached hydrogen (secondary N) is 1. The van der Waals surface area contributed by atoms with Gasteiger partial charge in [0.1, 0.15) is 6.04 Å². The molecule has 2 amide bonds. The minimum absolute atomic E-state index is 0.129. The molecule has 8 heteroatoms. The Morgan fingerprint density at radius 1 is 1.03 bits per heavy atom. The monoisotopic (exact) mass is 473 g/mol. The molecule has 0 aliphatic heterocycles. The lowest BCUT2D eigenvalue weighted by atomic mass is 10.1. The van der Waals surface area contributed by atoms with Gasteiger partial charge in [0.05, 0.1) is 11.9 Å². The molecule has 1 unspecified atom stereocenters. The molecule has 7 nitrogen and oxygen atoms in total. The number of anilines is 1. The molecule has 2 aromatic rings. The van der Waals surface area contributed by atoms with Gasteiger partial charge in [-0.05, 0) is 62.9 Å². The number of amides is 2. The first kappa shape index (κ1) is 26.4. The zero-order valence-corrected chi connectivity index (χ0v) is 21.2. The first-order valence-corrected chi connectivity index (χ1v) is 12.9. The van der Waals surface area contributed by atoms with Gasteiger partial charge in [-0.3, -0.25) is 13.9 Å². The summed E-state index contributed by atoms with van der Waals surface area (Å²) in [5.74, 6) is -0.440. The van der Waals surface area contributed by atoms with E-state index < -0.39 is 16.1 Å². The fraction of sp³-hybridized carbons (Fsp3) is 0.440.